The number of anilines is 1. The van der Waals surface area contributed by atoms with E-state index in [0.717, 1.165) is 35.3 Å². The first kappa shape index (κ1) is 14.0. The molecule has 2 atom stereocenters. The first-order chi connectivity index (χ1) is 10.1. The van der Waals surface area contributed by atoms with Gasteiger partial charge in [-0.2, -0.15) is 0 Å². The summed E-state index contributed by atoms with van der Waals surface area (Å²) in [6, 6.07) is 8.23. The van der Waals surface area contributed by atoms with Crippen LogP contribution in [0.1, 0.15) is 31.1 Å². The van der Waals surface area contributed by atoms with Crippen LogP contribution in [0.2, 0.25) is 0 Å². The van der Waals surface area contributed by atoms with Gasteiger partial charge >= 0.3 is 0 Å². The summed E-state index contributed by atoms with van der Waals surface area (Å²) in [5.41, 5.74) is 5.27. The second kappa shape index (κ2) is 5.47. The van der Waals surface area contributed by atoms with Gasteiger partial charge < -0.3 is 15.1 Å². The minimum Gasteiger partial charge on any atom is -0.389 e. The minimum atomic E-state index is -0.516. The van der Waals surface area contributed by atoms with E-state index in [4.69, 9.17) is 0 Å². The normalized spacial score (nSPS) is 16.7. The maximum absolute atomic E-state index is 9.77. The average molecular weight is 284 g/mol. The molecule has 2 aromatic rings. The molecule has 1 aromatic heterocycles. The lowest BCUT2D eigenvalue weighted by Gasteiger charge is -2.22. The summed E-state index contributed by atoms with van der Waals surface area (Å²) in [7, 11) is 0. The number of nitrogens with zero attached hydrogens (tertiary/aromatic N) is 2. The molecule has 1 aliphatic heterocycles. The van der Waals surface area contributed by atoms with E-state index in [2.05, 4.69) is 17.1 Å². The number of hydrogen-bond acceptors (Lipinski definition) is 4. The number of rotatable bonds is 3. The van der Waals surface area contributed by atoms with Gasteiger partial charge in [0.25, 0.3) is 0 Å². The fourth-order valence-electron chi connectivity index (χ4n) is 2.84. The molecule has 0 aliphatic carbocycles. The van der Waals surface area contributed by atoms with Gasteiger partial charge in [-0.25, -0.2) is 0 Å². The first-order valence-corrected chi connectivity index (χ1v) is 7.27. The molecule has 2 N–H and O–H groups in total. The molecule has 2 heterocycles. The topological polar surface area (TPSA) is 56.6 Å². The fraction of sp³-hybridized carbons (Fsp3) is 0.353. The highest BCUT2D eigenvalue weighted by Gasteiger charge is 2.22. The Labute approximate surface area is 124 Å². The van der Waals surface area contributed by atoms with Crippen molar-refractivity contribution in [2.45, 2.75) is 32.6 Å². The highest BCUT2D eigenvalue weighted by molar-refractivity contribution is 5.70. The monoisotopic (exact) mass is 284 g/mol. The Morgan fingerprint density at radius 2 is 1.90 bits per heavy atom. The fourth-order valence-corrected chi connectivity index (χ4v) is 2.84. The number of benzene rings is 1. The Balaban J connectivity index is 1.97. The maximum Gasteiger partial charge on any atom is 0.124 e. The van der Waals surface area contributed by atoms with Crippen LogP contribution < -0.4 is 4.90 Å². The van der Waals surface area contributed by atoms with Crippen molar-refractivity contribution in [1.82, 2.24) is 4.98 Å². The van der Waals surface area contributed by atoms with Crippen molar-refractivity contribution in [3.63, 3.8) is 0 Å². The van der Waals surface area contributed by atoms with Crippen LogP contribution in [0.15, 0.2) is 36.7 Å². The molecular weight excluding hydrogens is 264 g/mol. The van der Waals surface area contributed by atoms with Gasteiger partial charge in [0.05, 0.1) is 6.10 Å². The second-order valence-electron chi connectivity index (χ2n) is 5.60. The molecule has 4 nitrogen and oxygen atoms in total. The van der Waals surface area contributed by atoms with Crippen molar-refractivity contribution >= 4 is 5.69 Å². The standard InChI is InChI=1S/C17H20N2O2/c1-11(20)15-8-16(10-18-9-15)13-3-4-17-14(7-13)5-6-19(17)12(2)21/h3-4,7-12,20-21H,5-6H2,1-2H3. The van der Waals surface area contributed by atoms with Crippen LogP contribution >= 0.6 is 0 Å². The first-order valence-electron chi connectivity index (χ1n) is 7.27. The summed E-state index contributed by atoms with van der Waals surface area (Å²) in [6.07, 6.45) is 3.47. The number of aromatic nitrogens is 1. The van der Waals surface area contributed by atoms with Gasteiger partial charge in [-0.15, -0.1) is 0 Å². The summed E-state index contributed by atoms with van der Waals surface area (Å²) in [5.74, 6) is 0. The molecule has 0 fully saturated rings. The molecule has 0 spiro atoms. The Morgan fingerprint density at radius 3 is 2.62 bits per heavy atom. The molecule has 1 aliphatic rings. The molecule has 0 radical (unpaired) electrons. The van der Waals surface area contributed by atoms with E-state index in [9.17, 15) is 10.2 Å². The van der Waals surface area contributed by atoms with Crippen molar-refractivity contribution in [1.29, 1.82) is 0 Å². The van der Waals surface area contributed by atoms with Gasteiger partial charge in [0, 0.05) is 30.2 Å². The van der Waals surface area contributed by atoms with E-state index in [1.165, 1.54) is 5.56 Å². The molecule has 21 heavy (non-hydrogen) atoms. The predicted octanol–water partition coefficient (Wildman–Crippen LogP) is 2.50. The molecular formula is C17H20N2O2. The van der Waals surface area contributed by atoms with E-state index in [1.54, 1.807) is 20.0 Å². The molecule has 0 saturated heterocycles. The number of fused-ring (bicyclic) bond motifs is 1. The van der Waals surface area contributed by atoms with Crippen LogP contribution in [0.4, 0.5) is 5.69 Å². The highest BCUT2D eigenvalue weighted by atomic mass is 16.3. The van der Waals surface area contributed by atoms with Crippen molar-refractivity contribution < 1.29 is 10.2 Å². The number of hydrogen-bond donors (Lipinski definition) is 2. The lowest BCUT2D eigenvalue weighted by molar-refractivity contribution is 0.191. The number of aliphatic hydroxyl groups excluding tert-OH is 2. The van der Waals surface area contributed by atoms with Gasteiger partial charge in [0.15, 0.2) is 0 Å². The summed E-state index contributed by atoms with van der Waals surface area (Å²) in [4.78, 5) is 6.21. The molecule has 0 saturated carbocycles. The predicted molar refractivity (Wildman–Crippen MR) is 83.0 cm³/mol. The maximum atomic E-state index is 9.77. The van der Waals surface area contributed by atoms with Gasteiger partial charge in [-0.05, 0) is 55.2 Å². The van der Waals surface area contributed by atoms with Crippen LogP contribution in [0.5, 0.6) is 0 Å². The van der Waals surface area contributed by atoms with E-state index in [0.29, 0.717) is 0 Å². The number of aliphatic hydroxyl groups is 2. The quantitative estimate of drug-likeness (QED) is 0.909. The molecule has 110 valence electrons. The van der Waals surface area contributed by atoms with Gasteiger partial charge in [0.2, 0.25) is 0 Å². The second-order valence-corrected chi connectivity index (χ2v) is 5.60. The zero-order chi connectivity index (χ0) is 15.0. The summed E-state index contributed by atoms with van der Waals surface area (Å²) < 4.78 is 0. The molecule has 3 rings (SSSR count). The lowest BCUT2D eigenvalue weighted by atomic mass is 10.0. The Bertz CT molecular complexity index is 653. The Kier molecular flexibility index (Phi) is 3.66. The zero-order valence-corrected chi connectivity index (χ0v) is 12.3. The molecule has 4 heteroatoms. The van der Waals surface area contributed by atoms with Gasteiger partial charge in [0.1, 0.15) is 6.23 Å². The third kappa shape index (κ3) is 2.64. The van der Waals surface area contributed by atoms with Crippen LogP contribution in [-0.4, -0.2) is 28.0 Å². The average Bonchev–Trinajstić information content (AvgIpc) is 2.90. The van der Waals surface area contributed by atoms with Crippen molar-refractivity contribution in [2.24, 2.45) is 0 Å². The molecule has 0 bridgehead atoms. The van der Waals surface area contributed by atoms with Crippen LogP contribution in [0.3, 0.4) is 0 Å². The largest absolute Gasteiger partial charge is 0.389 e. The SMILES string of the molecule is CC(O)c1cncc(-c2ccc3c(c2)CCN3C(C)O)c1. The van der Waals surface area contributed by atoms with Crippen molar-refractivity contribution in [3.8, 4) is 11.1 Å². The van der Waals surface area contributed by atoms with E-state index >= 15 is 0 Å². The third-order valence-corrected chi connectivity index (χ3v) is 4.04. The van der Waals surface area contributed by atoms with Gasteiger partial charge in [-0.1, -0.05) is 6.07 Å². The minimum absolute atomic E-state index is 0.461. The molecule has 0 amide bonds. The van der Waals surface area contributed by atoms with E-state index < -0.39 is 12.3 Å². The third-order valence-electron chi connectivity index (χ3n) is 4.04. The zero-order valence-electron chi connectivity index (χ0n) is 12.3. The Hall–Kier alpha value is -1.91. The smallest absolute Gasteiger partial charge is 0.124 e. The molecule has 2 unspecified atom stereocenters. The van der Waals surface area contributed by atoms with Crippen LogP contribution in [0.25, 0.3) is 11.1 Å². The van der Waals surface area contributed by atoms with Gasteiger partial charge in [-0.3, -0.25) is 4.98 Å². The van der Waals surface area contributed by atoms with E-state index in [1.807, 2.05) is 23.2 Å². The van der Waals surface area contributed by atoms with E-state index in [-0.39, 0.29) is 0 Å². The summed E-state index contributed by atoms with van der Waals surface area (Å²) in [6.45, 7) is 4.38. The van der Waals surface area contributed by atoms with Crippen molar-refractivity contribution in [3.05, 3.63) is 47.8 Å². The van der Waals surface area contributed by atoms with Crippen LogP contribution in [-0.2, 0) is 6.42 Å². The summed E-state index contributed by atoms with van der Waals surface area (Å²) in [5, 5.41) is 19.4. The van der Waals surface area contributed by atoms with Crippen molar-refractivity contribution in [2.75, 3.05) is 11.4 Å². The number of pyridine rings is 1. The Morgan fingerprint density at radius 1 is 1.10 bits per heavy atom. The molecule has 1 aromatic carbocycles. The summed E-state index contributed by atoms with van der Waals surface area (Å²) >= 11 is 0. The highest BCUT2D eigenvalue weighted by Crippen LogP contribution is 2.33. The van der Waals surface area contributed by atoms with Crippen LogP contribution in [0, 0.1) is 0 Å². The lowest BCUT2D eigenvalue weighted by Crippen LogP contribution is -2.30.